The summed E-state index contributed by atoms with van der Waals surface area (Å²) in [7, 11) is 0. The highest BCUT2D eigenvalue weighted by atomic mass is 14.5. The van der Waals surface area contributed by atoms with Crippen LogP contribution >= 0.6 is 0 Å². The smallest absolute Gasteiger partial charge is 0.0426 e. The van der Waals surface area contributed by atoms with Gasteiger partial charge in [0.1, 0.15) is 0 Å². The van der Waals surface area contributed by atoms with Gasteiger partial charge in [0, 0.05) is 5.48 Å². The van der Waals surface area contributed by atoms with Gasteiger partial charge in [-0.05, 0) is 18.8 Å². The van der Waals surface area contributed by atoms with E-state index in [9.17, 15) is 0 Å². The van der Waals surface area contributed by atoms with E-state index in [2.05, 4.69) is 0 Å². The van der Waals surface area contributed by atoms with E-state index in [4.69, 9.17) is 11.2 Å². The first-order valence-electron chi connectivity index (χ1n) is 4.14. The molecule has 0 aromatic heterocycles. The number of hydrogen-bond donors (Lipinski definition) is 1. The van der Waals surface area contributed by atoms with Crippen molar-refractivity contribution in [1.82, 2.24) is 0 Å². The summed E-state index contributed by atoms with van der Waals surface area (Å²) in [6.45, 7) is -2.19. The first-order chi connectivity index (χ1) is 4.36. The predicted molar refractivity (Wildman–Crippen MR) is 26.4 cm³/mol. The average molecular weight is 89.2 g/mol. The molecule has 0 atom stereocenters. The Kier molecular flexibility index (Phi) is 0.396. The third kappa shape index (κ3) is 0.977. The summed E-state index contributed by atoms with van der Waals surface area (Å²) in [5.41, 5.74) is 5.01. The molecule has 1 fully saturated rings. The molecule has 0 amide bonds. The van der Waals surface area contributed by atoms with E-state index in [1.54, 1.807) is 0 Å². The van der Waals surface area contributed by atoms with E-state index in [1.165, 1.54) is 0 Å². The fourth-order valence-corrected chi connectivity index (χ4v) is 0.346. The van der Waals surface area contributed by atoms with Crippen LogP contribution in [0.3, 0.4) is 0 Å². The van der Waals surface area contributed by atoms with Gasteiger partial charge in [-0.25, -0.2) is 0 Å². The van der Waals surface area contributed by atoms with E-state index in [0.717, 1.165) is 12.8 Å². The van der Waals surface area contributed by atoms with Crippen molar-refractivity contribution in [2.45, 2.75) is 19.2 Å². The van der Waals surface area contributed by atoms with Crippen LogP contribution in [0.4, 0.5) is 0 Å². The van der Waals surface area contributed by atoms with E-state index >= 15 is 0 Å². The molecule has 1 rings (SSSR count). The number of hydrogen-bond acceptors (Lipinski definition) is 1. The summed E-state index contributed by atoms with van der Waals surface area (Å²) in [4.78, 5) is 0. The normalized spacial score (nSPS) is 36.2. The molecule has 0 bridgehead atoms. The van der Waals surface area contributed by atoms with Crippen molar-refractivity contribution in [3.05, 3.63) is 0 Å². The van der Waals surface area contributed by atoms with Crippen LogP contribution in [0.25, 0.3) is 0 Å². The minimum absolute atomic E-state index is 0.160. The van der Waals surface area contributed by atoms with Crippen LogP contribution in [0.5, 0.6) is 0 Å². The SMILES string of the molecule is [2H]C([2H])(N)C([2H])([2H])C1CC1. The van der Waals surface area contributed by atoms with Crippen LogP contribution in [-0.4, -0.2) is 6.50 Å². The van der Waals surface area contributed by atoms with Crippen molar-refractivity contribution >= 4 is 0 Å². The van der Waals surface area contributed by atoms with Crippen molar-refractivity contribution in [2.75, 3.05) is 6.50 Å². The minimum Gasteiger partial charge on any atom is -0.330 e. The summed E-state index contributed by atoms with van der Waals surface area (Å²) in [5, 5.41) is 0. The molecule has 6 heavy (non-hydrogen) atoms. The highest BCUT2D eigenvalue weighted by Crippen LogP contribution is 2.31. The van der Waals surface area contributed by atoms with Crippen molar-refractivity contribution < 1.29 is 5.48 Å². The molecule has 1 aliphatic rings. The van der Waals surface area contributed by atoms with Gasteiger partial charge in [-0.15, -0.1) is 0 Å². The molecule has 0 heterocycles. The van der Waals surface area contributed by atoms with E-state index in [1.807, 2.05) is 0 Å². The van der Waals surface area contributed by atoms with Gasteiger partial charge in [-0.2, -0.15) is 0 Å². The quantitative estimate of drug-likeness (QED) is 0.530. The van der Waals surface area contributed by atoms with Crippen LogP contribution < -0.4 is 5.73 Å². The van der Waals surface area contributed by atoms with Gasteiger partial charge in [-0.3, -0.25) is 0 Å². The fourth-order valence-electron chi connectivity index (χ4n) is 0.346. The summed E-state index contributed by atoms with van der Waals surface area (Å²) in [6, 6.07) is 0. The molecule has 0 aromatic carbocycles. The Morgan fingerprint density at radius 1 is 1.83 bits per heavy atom. The van der Waals surface area contributed by atoms with Crippen molar-refractivity contribution in [1.29, 1.82) is 0 Å². The lowest BCUT2D eigenvalue weighted by atomic mass is 10.3. The van der Waals surface area contributed by atoms with Gasteiger partial charge in [0.2, 0.25) is 0 Å². The maximum absolute atomic E-state index is 7.26. The Balaban J connectivity index is 2.66. The summed E-state index contributed by atoms with van der Waals surface area (Å²) in [5.74, 6) is -0.160. The Bertz CT molecular complexity index is 135. The molecule has 1 aliphatic carbocycles. The molecule has 0 aromatic rings. The molecule has 0 aliphatic heterocycles. The first kappa shape index (κ1) is 1.48. The lowest BCUT2D eigenvalue weighted by Crippen LogP contribution is -1.98. The average Bonchev–Trinajstić information content (AvgIpc) is 2.38. The lowest BCUT2D eigenvalue weighted by Gasteiger charge is -1.83. The van der Waals surface area contributed by atoms with Gasteiger partial charge < -0.3 is 5.73 Å². The van der Waals surface area contributed by atoms with Crippen molar-refractivity contribution in [3.8, 4) is 0 Å². The van der Waals surface area contributed by atoms with Crippen LogP contribution in [0.1, 0.15) is 24.7 Å². The Morgan fingerprint density at radius 2 is 2.50 bits per heavy atom. The van der Waals surface area contributed by atoms with Gasteiger partial charge in [0.25, 0.3) is 0 Å². The molecule has 1 nitrogen and oxygen atoms in total. The molecule has 36 valence electrons. The molecule has 1 saturated carbocycles. The van der Waals surface area contributed by atoms with Gasteiger partial charge in [0.05, 0.1) is 0 Å². The molecule has 2 N–H and O–H groups in total. The highest BCUT2D eigenvalue weighted by molar-refractivity contribution is 4.72. The minimum atomic E-state index is -2.19. The van der Waals surface area contributed by atoms with Crippen LogP contribution in [0.15, 0.2) is 0 Å². The second-order valence-corrected chi connectivity index (χ2v) is 1.56. The molecular weight excluding hydrogens is 74.1 g/mol. The van der Waals surface area contributed by atoms with Crippen molar-refractivity contribution in [2.24, 2.45) is 11.7 Å². The molecule has 0 unspecified atom stereocenters. The molecule has 0 spiro atoms. The molecule has 0 saturated heterocycles. The Labute approximate surface area is 44.2 Å². The van der Waals surface area contributed by atoms with E-state index < -0.39 is 12.9 Å². The third-order valence-electron chi connectivity index (χ3n) is 0.865. The van der Waals surface area contributed by atoms with E-state index in [-0.39, 0.29) is 5.92 Å². The molecule has 1 heteroatoms. The fraction of sp³-hybridized carbons (Fsp3) is 1.00. The van der Waals surface area contributed by atoms with Gasteiger partial charge >= 0.3 is 0 Å². The maximum atomic E-state index is 7.26. The summed E-state index contributed by atoms with van der Waals surface area (Å²) >= 11 is 0. The highest BCUT2D eigenvalue weighted by Gasteiger charge is 2.18. The second kappa shape index (κ2) is 1.61. The number of nitrogens with two attached hydrogens (primary N) is 1. The summed E-state index contributed by atoms with van der Waals surface area (Å²) in [6.07, 6.45) is -0.305. The van der Waals surface area contributed by atoms with Crippen LogP contribution in [0, 0.1) is 5.92 Å². The van der Waals surface area contributed by atoms with Gasteiger partial charge in [0.15, 0.2) is 0 Å². The largest absolute Gasteiger partial charge is 0.330 e. The predicted octanol–water partition coefficient (Wildman–Crippen LogP) is 0.745. The standard InChI is InChI=1S/C5H11N/c6-4-3-5-1-2-5/h5H,1-4,6H2/i3D2,4D2. The van der Waals surface area contributed by atoms with Crippen LogP contribution in [0.2, 0.25) is 0 Å². The zero-order valence-electron chi connectivity index (χ0n) is 7.57. The topological polar surface area (TPSA) is 26.0 Å². The molecule has 0 radical (unpaired) electrons. The zero-order chi connectivity index (χ0) is 7.99. The Morgan fingerprint density at radius 3 is 2.67 bits per heavy atom. The van der Waals surface area contributed by atoms with E-state index in [0.29, 0.717) is 0 Å². The Hall–Kier alpha value is -0.0400. The molecular formula is C5H11N. The van der Waals surface area contributed by atoms with Crippen LogP contribution in [-0.2, 0) is 0 Å². The van der Waals surface area contributed by atoms with Gasteiger partial charge in [-0.1, -0.05) is 12.8 Å². The third-order valence-corrected chi connectivity index (χ3v) is 0.865. The lowest BCUT2D eigenvalue weighted by molar-refractivity contribution is 0.739. The number of rotatable bonds is 2. The summed E-state index contributed by atoms with van der Waals surface area (Å²) < 4.78 is 28.5. The van der Waals surface area contributed by atoms with Crippen molar-refractivity contribution in [3.63, 3.8) is 0 Å². The zero-order valence-corrected chi connectivity index (χ0v) is 3.57. The first-order valence-corrected chi connectivity index (χ1v) is 2.14. The second-order valence-electron chi connectivity index (χ2n) is 1.56. The monoisotopic (exact) mass is 89.1 g/mol. The maximum Gasteiger partial charge on any atom is 0.0426 e.